The van der Waals surface area contributed by atoms with Crippen LogP contribution in [0.3, 0.4) is 0 Å². The van der Waals surface area contributed by atoms with Crippen LogP contribution >= 0.6 is 0 Å². The summed E-state index contributed by atoms with van der Waals surface area (Å²) >= 11 is 0. The Bertz CT molecular complexity index is 523. The molecular formula is C11H17N7O. The SMILES string of the molecule is Cn1nnnc1N[C@@H]1CC(Cn2ccnc2)C[C@H]1O. The van der Waals surface area contributed by atoms with Crippen molar-refractivity contribution in [1.82, 2.24) is 29.8 Å². The molecule has 3 atom stereocenters. The van der Waals surface area contributed by atoms with Crippen LogP contribution in [0.15, 0.2) is 18.7 Å². The molecule has 2 aromatic heterocycles. The molecule has 2 aromatic rings. The van der Waals surface area contributed by atoms with Crippen LogP contribution in [-0.4, -0.2) is 47.0 Å². The Kier molecular flexibility index (Phi) is 3.16. The van der Waals surface area contributed by atoms with Crippen LogP contribution in [0.2, 0.25) is 0 Å². The van der Waals surface area contributed by atoms with E-state index in [2.05, 4.69) is 25.8 Å². The zero-order valence-electron chi connectivity index (χ0n) is 10.7. The van der Waals surface area contributed by atoms with Gasteiger partial charge in [0.1, 0.15) is 0 Å². The smallest absolute Gasteiger partial charge is 0.242 e. The Morgan fingerprint density at radius 2 is 2.37 bits per heavy atom. The third-order valence-electron chi connectivity index (χ3n) is 3.59. The quantitative estimate of drug-likeness (QED) is 0.783. The minimum Gasteiger partial charge on any atom is -0.391 e. The highest BCUT2D eigenvalue weighted by atomic mass is 16.3. The predicted molar refractivity (Wildman–Crippen MR) is 67.2 cm³/mol. The minimum absolute atomic E-state index is 0.00165. The zero-order valence-corrected chi connectivity index (χ0v) is 10.7. The number of aliphatic hydroxyl groups excluding tert-OH is 1. The number of hydrogen-bond donors (Lipinski definition) is 2. The number of aromatic nitrogens is 6. The molecule has 0 spiro atoms. The van der Waals surface area contributed by atoms with Crippen molar-refractivity contribution in [1.29, 1.82) is 0 Å². The van der Waals surface area contributed by atoms with Crippen molar-refractivity contribution in [2.24, 2.45) is 13.0 Å². The van der Waals surface area contributed by atoms with Gasteiger partial charge in [-0.25, -0.2) is 9.67 Å². The molecule has 1 unspecified atom stereocenters. The van der Waals surface area contributed by atoms with E-state index < -0.39 is 0 Å². The fourth-order valence-electron chi connectivity index (χ4n) is 2.63. The molecule has 0 bridgehead atoms. The third kappa shape index (κ3) is 2.58. The molecule has 0 radical (unpaired) electrons. The molecule has 1 aliphatic rings. The number of nitrogens with zero attached hydrogens (tertiary/aromatic N) is 6. The summed E-state index contributed by atoms with van der Waals surface area (Å²) in [6, 6.07) is -0.00165. The summed E-state index contributed by atoms with van der Waals surface area (Å²) < 4.78 is 3.61. The first kappa shape index (κ1) is 12.1. The Morgan fingerprint density at radius 3 is 3.05 bits per heavy atom. The van der Waals surface area contributed by atoms with E-state index in [0.717, 1.165) is 19.4 Å². The van der Waals surface area contributed by atoms with Gasteiger partial charge in [-0.15, -0.1) is 0 Å². The van der Waals surface area contributed by atoms with Crippen molar-refractivity contribution in [2.45, 2.75) is 31.5 Å². The molecule has 8 nitrogen and oxygen atoms in total. The second-order valence-corrected chi connectivity index (χ2v) is 5.04. The molecule has 0 aliphatic heterocycles. The first-order valence-corrected chi connectivity index (χ1v) is 6.35. The van der Waals surface area contributed by atoms with Crippen LogP contribution in [0, 0.1) is 5.92 Å². The minimum atomic E-state index is -0.370. The molecular weight excluding hydrogens is 246 g/mol. The van der Waals surface area contributed by atoms with E-state index in [1.807, 2.05) is 10.8 Å². The standard InChI is InChI=1S/C11H17N7O/c1-17-11(14-15-16-17)13-9-4-8(5-10(9)19)6-18-3-2-12-7-18/h2-3,7-10,19H,4-6H2,1H3,(H,13,14,16)/t8?,9-,10-/m1/s1. The van der Waals surface area contributed by atoms with Gasteiger partial charge in [-0.1, -0.05) is 5.10 Å². The summed E-state index contributed by atoms with van der Waals surface area (Å²) in [5.41, 5.74) is 0. The lowest BCUT2D eigenvalue weighted by Gasteiger charge is -2.15. The van der Waals surface area contributed by atoms with Crippen LogP contribution in [0.25, 0.3) is 0 Å². The highest BCUT2D eigenvalue weighted by Crippen LogP contribution is 2.29. The molecule has 2 N–H and O–H groups in total. The van der Waals surface area contributed by atoms with Gasteiger partial charge in [0.2, 0.25) is 5.95 Å². The summed E-state index contributed by atoms with van der Waals surface area (Å²) in [6.45, 7) is 0.881. The number of rotatable bonds is 4. The predicted octanol–water partition coefficient (Wildman–Crippen LogP) is -0.342. The summed E-state index contributed by atoms with van der Waals surface area (Å²) in [6.07, 6.45) is 6.82. The third-order valence-corrected chi connectivity index (χ3v) is 3.59. The molecule has 2 heterocycles. The average molecular weight is 263 g/mol. The molecule has 3 rings (SSSR count). The normalized spacial score (nSPS) is 26.7. The van der Waals surface area contributed by atoms with Gasteiger partial charge in [0.25, 0.3) is 0 Å². The van der Waals surface area contributed by atoms with Crippen LogP contribution in [0.1, 0.15) is 12.8 Å². The maximum absolute atomic E-state index is 10.1. The van der Waals surface area contributed by atoms with E-state index in [0.29, 0.717) is 11.9 Å². The molecule has 1 fully saturated rings. The second-order valence-electron chi connectivity index (χ2n) is 5.04. The molecule has 102 valence electrons. The summed E-state index contributed by atoms with van der Waals surface area (Å²) in [4.78, 5) is 4.03. The van der Waals surface area contributed by atoms with Crippen LogP contribution < -0.4 is 5.32 Å². The van der Waals surface area contributed by atoms with E-state index in [1.165, 1.54) is 0 Å². The lowest BCUT2D eigenvalue weighted by atomic mass is 10.1. The molecule has 0 aromatic carbocycles. The molecule has 19 heavy (non-hydrogen) atoms. The zero-order chi connectivity index (χ0) is 13.2. The Balaban J connectivity index is 1.60. The molecule has 0 amide bonds. The molecule has 8 heteroatoms. The average Bonchev–Trinajstić information content (AvgIpc) is 3.07. The molecule has 1 saturated carbocycles. The number of tetrazole rings is 1. The first-order chi connectivity index (χ1) is 9.22. The van der Waals surface area contributed by atoms with Crippen molar-refractivity contribution in [2.75, 3.05) is 5.32 Å². The Hall–Kier alpha value is -1.96. The van der Waals surface area contributed by atoms with E-state index in [-0.39, 0.29) is 12.1 Å². The number of aryl methyl sites for hydroxylation is 1. The lowest BCUT2D eigenvalue weighted by molar-refractivity contribution is 0.166. The number of hydrogen-bond acceptors (Lipinski definition) is 6. The van der Waals surface area contributed by atoms with E-state index >= 15 is 0 Å². The topological polar surface area (TPSA) is 93.7 Å². The fourth-order valence-corrected chi connectivity index (χ4v) is 2.63. The van der Waals surface area contributed by atoms with E-state index in [4.69, 9.17) is 0 Å². The van der Waals surface area contributed by atoms with Gasteiger partial charge in [-0.3, -0.25) is 0 Å². The maximum Gasteiger partial charge on any atom is 0.242 e. The fraction of sp³-hybridized carbons (Fsp3) is 0.636. The van der Waals surface area contributed by atoms with Gasteiger partial charge < -0.3 is 15.0 Å². The summed E-state index contributed by atoms with van der Waals surface area (Å²) in [5, 5.41) is 24.5. The Labute approximate surface area is 110 Å². The second kappa shape index (κ2) is 4.96. The Morgan fingerprint density at radius 1 is 1.47 bits per heavy atom. The highest BCUT2D eigenvalue weighted by molar-refractivity contribution is 5.25. The van der Waals surface area contributed by atoms with Crippen molar-refractivity contribution >= 4 is 5.95 Å². The van der Waals surface area contributed by atoms with Crippen LogP contribution in [-0.2, 0) is 13.6 Å². The van der Waals surface area contributed by atoms with Crippen molar-refractivity contribution < 1.29 is 5.11 Å². The highest BCUT2D eigenvalue weighted by Gasteiger charge is 2.33. The van der Waals surface area contributed by atoms with Crippen LogP contribution in [0.4, 0.5) is 5.95 Å². The van der Waals surface area contributed by atoms with Gasteiger partial charge in [-0.2, -0.15) is 0 Å². The van der Waals surface area contributed by atoms with E-state index in [1.54, 1.807) is 24.3 Å². The van der Waals surface area contributed by atoms with Gasteiger partial charge in [0.15, 0.2) is 0 Å². The lowest BCUT2D eigenvalue weighted by Crippen LogP contribution is -2.29. The van der Waals surface area contributed by atoms with E-state index in [9.17, 15) is 5.11 Å². The number of imidazole rings is 1. The monoisotopic (exact) mass is 263 g/mol. The van der Waals surface area contributed by atoms with Gasteiger partial charge in [0, 0.05) is 26.0 Å². The van der Waals surface area contributed by atoms with Crippen molar-refractivity contribution in [3.63, 3.8) is 0 Å². The van der Waals surface area contributed by atoms with Gasteiger partial charge in [-0.05, 0) is 29.2 Å². The van der Waals surface area contributed by atoms with Gasteiger partial charge in [0.05, 0.1) is 18.5 Å². The number of anilines is 1. The number of aliphatic hydroxyl groups is 1. The number of nitrogens with one attached hydrogen (secondary N) is 1. The summed E-state index contributed by atoms with van der Waals surface area (Å²) in [7, 11) is 1.77. The molecule has 1 aliphatic carbocycles. The first-order valence-electron chi connectivity index (χ1n) is 6.35. The van der Waals surface area contributed by atoms with Crippen molar-refractivity contribution in [3.05, 3.63) is 18.7 Å². The van der Waals surface area contributed by atoms with Crippen LogP contribution in [0.5, 0.6) is 0 Å². The largest absolute Gasteiger partial charge is 0.391 e. The summed E-state index contributed by atoms with van der Waals surface area (Å²) in [5.74, 6) is 1.02. The van der Waals surface area contributed by atoms with Crippen molar-refractivity contribution in [3.8, 4) is 0 Å². The maximum atomic E-state index is 10.1. The van der Waals surface area contributed by atoms with Gasteiger partial charge >= 0.3 is 0 Å². The molecule has 0 saturated heterocycles.